The lowest BCUT2D eigenvalue weighted by Gasteiger charge is -2.39. The zero-order chi connectivity index (χ0) is 31.6. The van der Waals surface area contributed by atoms with Gasteiger partial charge in [0.15, 0.2) is 17.9 Å². The highest BCUT2D eigenvalue weighted by molar-refractivity contribution is 6.30. The van der Waals surface area contributed by atoms with Gasteiger partial charge in [0.1, 0.15) is 29.5 Å². The number of hydrogen-bond donors (Lipinski definition) is 1. The van der Waals surface area contributed by atoms with Gasteiger partial charge in [0, 0.05) is 42.6 Å². The molecule has 1 amide bonds. The molecule has 1 atom stereocenters. The van der Waals surface area contributed by atoms with Crippen LogP contribution in [-0.2, 0) is 22.5 Å². The molecule has 8 nitrogen and oxygen atoms in total. The van der Waals surface area contributed by atoms with Crippen molar-refractivity contribution in [1.82, 2.24) is 0 Å². The van der Waals surface area contributed by atoms with E-state index >= 15 is 4.39 Å². The molecule has 0 radical (unpaired) electrons. The Balaban J connectivity index is 1.25. The second-order valence-electron chi connectivity index (χ2n) is 11.9. The second-order valence-corrected chi connectivity index (χ2v) is 12.3. The minimum atomic E-state index is -1.19. The van der Waals surface area contributed by atoms with Gasteiger partial charge in [0.05, 0.1) is 31.6 Å². The average molecular weight is 643 g/mol. The fourth-order valence-electron chi connectivity index (χ4n) is 6.15. The highest BCUT2D eigenvalue weighted by atomic mass is 35.5. The predicted molar refractivity (Wildman–Crippen MR) is 166 cm³/mol. The van der Waals surface area contributed by atoms with E-state index in [4.69, 9.17) is 30.5 Å². The first-order chi connectivity index (χ1) is 21.7. The summed E-state index contributed by atoms with van der Waals surface area (Å²) in [4.78, 5) is 16.6. The van der Waals surface area contributed by atoms with Crippen molar-refractivity contribution >= 4 is 28.9 Å². The topological polar surface area (TPSA) is 80.7 Å². The van der Waals surface area contributed by atoms with Gasteiger partial charge >= 0.3 is 0 Å². The number of fused-ring (bicyclic) bond motifs is 1. The summed E-state index contributed by atoms with van der Waals surface area (Å²) in [6.07, 6.45) is 2.93. The Bertz CT molecular complexity index is 1520. The van der Waals surface area contributed by atoms with Crippen LogP contribution in [0, 0.1) is 11.6 Å². The molecule has 3 aliphatic rings. The van der Waals surface area contributed by atoms with E-state index in [1.165, 1.54) is 17.0 Å². The van der Waals surface area contributed by atoms with Crippen molar-refractivity contribution in [3.05, 3.63) is 76.3 Å². The van der Waals surface area contributed by atoms with Crippen molar-refractivity contribution in [1.29, 1.82) is 0 Å². The molecule has 45 heavy (non-hydrogen) atoms. The highest BCUT2D eigenvalue weighted by Gasteiger charge is 2.37. The van der Waals surface area contributed by atoms with Crippen LogP contribution in [0.1, 0.15) is 49.7 Å². The Morgan fingerprint density at radius 3 is 2.51 bits per heavy atom. The minimum Gasteiger partial charge on any atom is -0.497 e. The summed E-state index contributed by atoms with van der Waals surface area (Å²) in [7, 11) is 1.58. The third-order valence-corrected chi connectivity index (χ3v) is 9.00. The molecule has 6 rings (SSSR count). The molecular formula is C34H37ClF2N2O6. The van der Waals surface area contributed by atoms with Gasteiger partial charge in [-0.15, -0.1) is 0 Å². The maximum atomic E-state index is 16.3. The number of anilines is 2. The monoisotopic (exact) mass is 642 g/mol. The van der Waals surface area contributed by atoms with Gasteiger partial charge in [-0.25, -0.2) is 8.78 Å². The lowest BCUT2D eigenvalue weighted by molar-refractivity contribution is -0.119. The van der Waals surface area contributed by atoms with Crippen LogP contribution in [0.3, 0.4) is 0 Å². The van der Waals surface area contributed by atoms with Crippen molar-refractivity contribution in [2.45, 2.75) is 63.4 Å². The molecule has 1 N–H and O–H groups in total. The molecule has 11 heteroatoms. The lowest BCUT2D eigenvalue weighted by Crippen LogP contribution is -2.48. The smallest absolute Gasteiger partial charge is 0.227 e. The maximum absolute atomic E-state index is 16.3. The largest absolute Gasteiger partial charge is 0.497 e. The van der Waals surface area contributed by atoms with Crippen LogP contribution in [0.2, 0.25) is 5.02 Å². The number of benzene rings is 3. The normalized spacial score (nSPS) is 19.7. The van der Waals surface area contributed by atoms with Gasteiger partial charge in [-0.3, -0.25) is 4.79 Å². The highest BCUT2D eigenvalue weighted by Crippen LogP contribution is 2.44. The number of carbonyl (C=O) groups is 1. The van der Waals surface area contributed by atoms with E-state index in [9.17, 15) is 14.3 Å². The lowest BCUT2D eigenvalue weighted by atomic mass is 9.91. The van der Waals surface area contributed by atoms with E-state index < -0.39 is 23.5 Å². The molecule has 2 fully saturated rings. The number of carbonyl (C=O) groups excluding carboxylic acids is 1. The molecule has 3 aromatic rings. The fraction of sp³-hybridized carbons (Fsp3) is 0.441. The van der Waals surface area contributed by atoms with Crippen LogP contribution in [-0.4, -0.2) is 56.3 Å². The van der Waals surface area contributed by atoms with Crippen molar-refractivity contribution in [3.8, 4) is 17.2 Å². The summed E-state index contributed by atoms with van der Waals surface area (Å²) in [6, 6.07) is 13.3. The zero-order valence-corrected chi connectivity index (χ0v) is 26.0. The molecule has 240 valence electrons. The first-order valence-corrected chi connectivity index (χ1v) is 15.7. The van der Waals surface area contributed by atoms with Crippen LogP contribution in [0.25, 0.3) is 0 Å². The van der Waals surface area contributed by atoms with E-state index in [1.54, 1.807) is 31.4 Å². The van der Waals surface area contributed by atoms with Gasteiger partial charge in [-0.1, -0.05) is 23.7 Å². The molecule has 3 heterocycles. The first kappa shape index (κ1) is 31.4. The van der Waals surface area contributed by atoms with Crippen LogP contribution in [0.5, 0.6) is 17.2 Å². The zero-order valence-electron chi connectivity index (χ0n) is 25.2. The minimum absolute atomic E-state index is 0.0617. The summed E-state index contributed by atoms with van der Waals surface area (Å²) in [6.45, 7) is 1.44. The van der Waals surface area contributed by atoms with Gasteiger partial charge in [-0.05, 0) is 68.0 Å². The van der Waals surface area contributed by atoms with Crippen molar-refractivity contribution in [3.63, 3.8) is 0 Å². The Morgan fingerprint density at radius 2 is 1.82 bits per heavy atom. The third-order valence-electron chi connectivity index (χ3n) is 8.77. The Labute approximate surface area is 266 Å². The van der Waals surface area contributed by atoms with Gasteiger partial charge in [0.2, 0.25) is 5.91 Å². The maximum Gasteiger partial charge on any atom is 0.227 e. The number of amides is 1. The quantitative estimate of drug-likeness (QED) is 0.288. The molecule has 0 aliphatic carbocycles. The Kier molecular flexibility index (Phi) is 9.35. The van der Waals surface area contributed by atoms with Crippen LogP contribution in [0.4, 0.5) is 20.2 Å². The number of hydrogen-bond acceptors (Lipinski definition) is 7. The Morgan fingerprint density at radius 1 is 1.04 bits per heavy atom. The third kappa shape index (κ3) is 6.98. The van der Waals surface area contributed by atoms with E-state index in [2.05, 4.69) is 0 Å². The summed E-state index contributed by atoms with van der Waals surface area (Å²) < 4.78 is 54.1. The van der Waals surface area contributed by atoms with Crippen molar-refractivity contribution in [2.75, 3.05) is 43.2 Å². The standard InChI is InChI=1S/C34H37ClF2N2O6/c1-42-24-8-5-22(6-9-24)20-39-30(40)12-10-25-28(19-29(32(37)33(25)39)45-31-4-2-3-17-43-31)44-21-34(41)13-15-38(16-14-34)27-11-7-23(35)18-26(27)36/h5-9,11,18-19,31,41H,2-4,10,12-17,20-21H2,1H3. The molecule has 3 aliphatic heterocycles. The molecule has 0 spiro atoms. The molecule has 0 saturated carbocycles. The number of methoxy groups -OCH3 is 1. The number of piperidine rings is 1. The molecule has 2 saturated heterocycles. The molecule has 1 unspecified atom stereocenters. The number of halogens is 3. The van der Waals surface area contributed by atoms with Crippen molar-refractivity contribution in [2.24, 2.45) is 0 Å². The summed E-state index contributed by atoms with van der Waals surface area (Å²) in [5, 5.41) is 11.8. The van der Waals surface area contributed by atoms with E-state index in [0.717, 1.165) is 18.4 Å². The fourth-order valence-corrected chi connectivity index (χ4v) is 6.31. The van der Waals surface area contributed by atoms with Gasteiger partial charge < -0.3 is 33.9 Å². The average Bonchev–Trinajstić information content (AvgIpc) is 3.04. The van der Waals surface area contributed by atoms with Crippen LogP contribution >= 0.6 is 11.6 Å². The van der Waals surface area contributed by atoms with E-state index in [-0.39, 0.29) is 43.3 Å². The van der Waals surface area contributed by atoms with E-state index in [0.29, 0.717) is 66.7 Å². The van der Waals surface area contributed by atoms with Crippen LogP contribution in [0.15, 0.2) is 48.5 Å². The summed E-state index contributed by atoms with van der Waals surface area (Å²) in [5.41, 5.74) is 0.705. The number of aliphatic hydroxyl groups is 1. The SMILES string of the molecule is COc1ccc(CN2C(=O)CCc3c(OCC4(O)CCN(c5ccc(Cl)cc5F)CC4)cc(OC4CCCCO4)c(F)c32)cc1. The number of nitrogens with zero attached hydrogens (tertiary/aromatic N) is 2. The predicted octanol–water partition coefficient (Wildman–Crippen LogP) is 6.42. The molecule has 3 aromatic carbocycles. The van der Waals surface area contributed by atoms with Gasteiger partial charge in [0.25, 0.3) is 0 Å². The molecule has 0 aromatic heterocycles. The van der Waals surface area contributed by atoms with Crippen LogP contribution < -0.4 is 24.0 Å². The second kappa shape index (κ2) is 13.4. The number of ether oxygens (including phenoxy) is 4. The Hall–Kier alpha value is -3.60. The molecular weight excluding hydrogens is 606 g/mol. The van der Waals surface area contributed by atoms with Gasteiger partial charge in [-0.2, -0.15) is 0 Å². The molecule has 0 bridgehead atoms. The van der Waals surface area contributed by atoms with E-state index in [1.807, 2.05) is 17.0 Å². The number of rotatable bonds is 9. The first-order valence-electron chi connectivity index (χ1n) is 15.3. The summed E-state index contributed by atoms with van der Waals surface area (Å²) >= 11 is 5.91. The summed E-state index contributed by atoms with van der Waals surface area (Å²) in [5.74, 6) is -0.310. The van der Waals surface area contributed by atoms with Crippen molar-refractivity contribution < 1.29 is 37.6 Å².